The van der Waals surface area contributed by atoms with E-state index in [-0.39, 0.29) is 0 Å². The molecule has 4 heteroatoms. The molecule has 0 fully saturated rings. The molecule has 0 unspecified atom stereocenters. The summed E-state index contributed by atoms with van der Waals surface area (Å²) >= 11 is 0. The van der Waals surface area contributed by atoms with Gasteiger partial charge in [-0.3, -0.25) is 5.10 Å². The molecule has 0 atom stereocenters. The monoisotopic (exact) mass is 236 g/mol. The van der Waals surface area contributed by atoms with Crippen LogP contribution in [-0.4, -0.2) is 20.2 Å². The summed E-state index contributed by atoms with van der Waals surface area (Å²) in [4.78, 5) is 7.06. The SMILES string of the molecule is c1ccc2c[nH]cc2c1.c1cnc2[nH]ncc2c1. The highest BCUT2D eigenvalue weighted by atomic mass is 15.1. The molecule has 3 aromatic heterocycles. The summed E-state index contributed by atoms with van der Waals surface area (Å²) in [6.07, 6.45) is 7.48. The number of hydrogen-bond acceptors (Lipinski definition) is 2. The molecule has 3 heterocycles. The zero-order valence-corrected chi connectivity index (χ0v) is 9.67. The summed E-state index contributed by atoms with van der Waals surface area (Å²) in [5.41, 5.74) is 0.845. The molecule has 18 heavy (non-hydrogen) atoms. The highest BCUT2D eigenvalue weighted by molar-refractivity contribution is 5.81. The molecule has 0 aliphatic heterocycles. The van der Waals surface area contributed by atoms with Gasteiger partial charge in [0.05, 0.1) is 6.20 Å². The van der Waals surface area contributed by atoms with Gasteiger partial charge in [0.2, 0.25) is 0 Å². The fourth-order valence-corrected chi connectivity index (χ4v) is 1.77. The van der Waals surface area contributed by atoms with Crippen LogP contribution in [0.2, 0.25) is 0 Å². The first-order chi connectivity index (χ1) is 8.93. The molecule has 0 aliphatic carbocycles. The maximum Gasteiger partial charge on any atom is 0.155 e. The third-order valence-corrected chi connectivity index (χ3v) is 2.69. The van der Waals surface area contributed by atoms with E-state index >= 15 is 0 Å². The lowest BCUT2D eigenvalue weighted by atomic mass is 10.2. The van der Waals surface area contributed by atoms with Crippen molar-refractivity contribution in [3.63, 3.8) is 0 Å². The highest BCUT2D eigenvalue weighted by Crippen LogP contribution is 2.10. The standard InChI is InChI=1S/C8H7N.C6H5N3/c1-2-4-8-6-9-5-7(8)3-1;1-2-5-4-8-9-6(5)7-3-1/h1-6,9H;1-4H,(H,7,8,9). The number of aromatic amines is 2. The Morgan fingerprint density at radius 2 is 1.56 bits per heavy atom. The molecule has 0 spiro atoms. The van der Waals surface area contributed by atoms with E-state index in [0.717, 1.165) is 11.0 Å². The number of nitrogens with one attached hydrogen (secondary N) is 2. The first kappa shape index (κ1) is 10.5. The second-order valence-corrected chi connectivity index (χ2v) is 3.90. The third kappa shape index (κ3) is 2.08. The van der Waals surface area contributed by atoms with Crippen LogP contribution in [-0.2, 0) is 0 Å². The molecule has 88 valence electrons. The number of H-pyrrole nitrogens is 2. The van der Waals surface area contributed by atoms with Crippen molar-refractivity contribution < 1.29 is 0 Å². The predicted molar refractivity (Wildman–Crippen MR) is 72.2 cm³/mol. The van der Waals surface area contributed by atoms with E-state index in [4.69, 9.17) is 0 Å². The molecule has 0 radical (unpaired) electrons. The van der Waals surface area contributed by atoms with Crippen LogP contribution in [0.5, 0.6) is 0 Å². The van der Waals surface area contributed by atoms with Gasteiger partial charge in [0.1, 0.15) is 0 Å². The molecule has 0 saturated carbocycles. The second kappa shape index (κ2) is 4.71. The van der Waals surface area contributed by atoms with Crippen molar-refractivity contribution in [2.75, 3.05) is 0 Å². The van der Waals surface area contributed by atoms with Gasteiger partial charge in [-0.2, -0.15) is 5.10 Å². The number of aromatic nitrogens is 4. The van der Waals surface area contributed by atoms with E-state index in [9.17, 15) is 0 Å². The zero-order valence-electron chi connectivity index (χ0n) is 9.67. The van der Waals surface area contributed by atoms with Gasteiger partial charge in [-0.1, -0.05) is 24.3 Å². The maximum atomic E-state index is 4.02. The molecule has 4 aromatic rings. The fraction of sp³-hybridized carbons (Fsp3) is 0. The van der Waals surface area contributed by atoms with Crippen molar-refractivity contribution in [3.05, 3.63) is 61.2 Å². The normalized spacial score (nSPS) is 10.2. The van der Waals surface area contributed by atoms with Gasteiger partial charge in [-0.05, 0) is 22.9 Å². The van der Waals surface area contributed by atoms with Crippen LogP contribution in [0.1, 0.15) is 0 Å². The number of hydrogen-bond donors (Lipinski definition) is 2. The Kier molecular flexibility index (Phi) is 2.75. The van der Waals surface area contributed by atoms with Gasteiger partial charge in [-0.25, -0.2) is 4.98 Å². The third-order valence-electron chi connectivity index (χ3n) is 2.69. The van der Waals surface area contributed by atoms with E-state index < -0.39 is 0 Å². The Hall–Kier alpha value is -2.62. The first-order valence-electron chi connectivity index (χ1n) is 5.69. The molecule has 1 aromatic carbocycles. The van der Waals surface area contributed by atoms with E-state index in [1.165, 1.54) is 10.8 Å². The summed E-state index contributed by atoms with van der Waals surface area (Å²) < 4.78 is 0. The number of nitrogens with zero attached hydrogens (tertiary/aromatic N) is 2. The maximum absolute atomic E-state index is 4.02. The summed E-state index contributed by atoms with van der Waals surface area (Å²) in [7, 11) is 0. The van der Waals surface area contributed by atoms with Crippen LogP contribution in [0.25, 0.3) is 21.8 Å². The Morgan fingerprint density at radius 3 is 2.28 bits per heavy atom. The molecular weight excluding hydrogens is 224 g/mol. The Labute approximate surface area is 104 Å². The van der Waals surface area contributed by atoms with Crippen molar-refractivity contribution in [2.45, 2.75) is 0 Å². The molecule has 4 nitrogen and oxygen atoms in total. The minimum absolute atomic E-state index is 0.845. The van der Waals surface area contributed by atoms with Crippen molar-refractivity contribution >= 4 is 21.8 Å². The number of benzene rings is 1. The topological polar surface area (TPSA) is 57.4 Å². The van der Waals surface area contributed by atoms with Crippen LogP contribution in [0.4, 0.5) is 0 Å². The average Bonchev–Trinajstić information content (AvgIpc) is 3.08. The van der Waals surface area contributed by atoms with Gasteiger partial charge >= 0.3 is 0 Å². The lowest BCUT2D eigenvalue weighted by molar-refractivity contribution is 1.10. The highest BCUT2D eigenvalue weighted by Gasteiger charge is 1.89. The largest absolute Gasteiger partial charge is 0.366 e. The zero-order chi connectivity index (χ0) is 12.2. The number of fused-ring (bicyclic) bond motifs is 2. The molecule has 0 amide bonds. The lowest BCUT2D eigenvalue weighted by Crippen LogP contribution is -1.71. The second-order valence-electron chi connectivity index (χ2n) is 3.90. The quantitative estimate of drug-likeness (QED) is 0.493. The molecule has 0 aliphatic rings. The minimum Gasteiger partial charge on any atom is -0.366 e. The molecule has 0 bridgehead atoms. The van der Waals surface area contributed by atoms with E-state index in [2.05, 4.69) is 32.3 Å². The summed E-state index contributed by atoms with van der Waals surface area (Å²) in [5.74, 6) is 0. The van der Waals surface area contributed by atoms with Gasteiger partial charge in [0, 0.05) is 24.0 Å². The van der Waals surface area contributed by atoms with Gasteiger partial charge < -0.3 is 4.98 Å². The van der Waals surface area contributed by atoms with Gasteiger partial charge in [0.15, 0.2) is 5.65 Å². The summed E-state index contributed by atoms with van der Waals surface area (Å²) in [6, 6.07) is 12.1. The lowest BCUT2D eigenvalue weighted by Gasteiger charge is -1.81. The van der Waals surface area contributed by atoms with Crippen molar-refractivity contribution in [1.29, 1.82) is 0 Å². The van der Waals surface area contributed by atoms with E-state index in [1.807, 2.05) is 36.7 Å². The molecular formula is C14H12N4. The Balaban J connectivity index is 0.000000111. The fourth-order valence-electron chi connectivity index (χ4n) is 1.77. The van der Waals surface area contributed by atoms with Crippen LogP contribution in [0, 0.1) is 0 Å². The van der Waals surface area contributed by atoms with Crippen LogP contribution in [0.15, 0.2) is 61.2 Å². The Morgan fingerprint density at radius 1 is 0.833 bits per heavy atom. The van der Waals surface area contributed by atoms with Crippen molar-refractivity contribution in [1.82, 2.24) is 20.2 Å². The number of pyridine rings is 1. The molecule has 4 rings (SSSR count). The Bertz CT molecular complexity index is 628. The van der Waals surface area contributed by atoms with E-state index in [0.29, 0.717) is 0 Å². The van der Waals surface area contributed by atoms with Crippen molar-refractivity contribution in [2.24, 2.45) is 0 Å². The smallest absolute Gasteiger partial charge is 0.155 e. The van der Waals surface area contributed by atoms with Gasteiger partial charge in [-0.15, -0.1) is 0 Å². The average molecular weight is 236 g/mol. The molecule has 0 saturated heterocycles. The van der Waals surface area contributed by atoms with E-state index in [1.54, 1.807) is 12.4 Å². The summed E-state index contributed by atoms with van der Waals surface area (Å²) in [5, 5.41) is 10.2. The van der Waals surface area contributed by atoms with Gasteiger partial charge in [0.25, 0.3) is 0 Å². The van der Waals surface area contributed by atoms with Crippen molar-refractivity contribution in [3.8, 4) is 0 Å². The van der Waals surface area contributed by atoms with Crippen LogP contribution in [0.3, 0.4) is 0 Å². The van der Waals surface area contributed by atoms with Crippen LogP contribution >= 0.6 is 0 Å². The predicted octanol–water partition coefficient (Wildman–Crippen LogP) is 3.13. The van der Waals surface area contributed by atoms with Crippen LogP contribution < -0.4 is 0 Å². The molecule has 2 N–H and O–H groups in total. The minimum atomic E-state index is 0.845. The number of rotatable bonds is 0. The summed E-state index contributed by atoms with van der Waals surface area (Å²) in [6.45, 7) is 0. The first-order valence-corrected chi connectivity index (χ1v) is 5.69.